The average Bonchev–Trinajstić information content (AvgIpc) is 2.74. The fourth-order valence-corrected chi connectivity index (χ4v) is 3.86. The van der Waals surface area contributed by atoms with E-state index in [1.54, 1.807) is 0 Å². The van der Waals surface area contributed by atoms with Gasteiger partial charge in [0.05, 0.1) is 11.8 Å². The molecule has 1 N–H and O–H groups in total. The molecule has 0 radical (unpaired) electrons. The fourth-order valence-electron chi connectivity index (χ4n) is 3.86. The molecule has 1 heterocycles. The molecule has 0 saturated heterocycles. The van der Waals surface area contributed by atoms with Crippen molar-refractivity contribution in [2.75, 3.05) is 6.61 Å². The maximum atomic E-state index is 9.99. The first-order valence-corrected chi connectivity index (χ1v) is 11.9. The number of rotatable bonds is 15. The van der Waals surface area contributed by atoms with Crippen molar-refractivity contribution in [1.82, 2.24) is 4.98 Å². The third kappa shape index (κ3) is 9.30. The number of aryl methyl sites for hydroxylation is 1. The Balaban J connectivity index is 1.83. The highest BCUT2D eigenvalue weighted by molar-refractivity contribution is 5.63. The molecular weight excluding hydrogens is 370 g/mol. The molecule has 0 fully saturated rings. The maximum absolute atomic E-state index is 9.99. The van der Waals surface area contributed by atoms with Gasteiger partial charge < -0.3 is 9.84 Å². The van der Waals surface area contributed by atoms with Crippen molar-refractivity contribution >= 4 is 0 Å². The predicted molar refractivity (Wildman–Crippen MR) is 127 cm³/mol. The van der Waals surface area contributed by atoms with E-state index in [-0.39, 0.29) is 0 Å². The standard InChI is InChI=1S/C27H41NO2/c1-4-5-6-7-8-9-10-11-13-23-14-12-19-28-27(23)24-15-17-26(18-16-24)30-21-25(29)20-22(2)3/h12,14-19,22,25,29H,4-11,13,20-21H2,1-3H3. The van der Waals surface area contributed by atoms with Crippen LogP contribution in [0.1, 0.15) is 84.1 Å². The highest BCUT2D eigenvalue weighted by atomic mass is 16.5. The first-order chi connectivity index (χ1) is 14.6. The van der Waals surface area contributed by atoms with E-state index < -0.39 is 6.10 Å². The minimum Gasteiger partial charge on any atom is -0.491 e. The van der Waals surface area contributed by atoms with Crippen LogP contribution < -0.4 is 4.74 Å². The third-order valence-corrected chi connectivity index (χ3v) is 5.50. The van der Waals surface area contributed by atoms with Crippen molar-refractivity contribution in [1.29, 1.82) is 0 Å². The summed E-state index contributed by atoms with van der Waals surface area (Å²) in [5, 5.41) is 9.99. The summed E-state index contributed by atoms with van der Waals surface area (Å²) in [6, 6.07) is 12.3. The van der Waals surface area contributed by atoms with E-state index >= 15 is 0 Å². The smallest absolute Gasteiger partial charge is 0.119 e. The van der Waals surface area contributed by atoms with Crippen LogP contribution in [0.2, 0.25) is 0 Å². The summed E-state index contributed by atoms with van der Waals surface area (Å²) in [6.45, 7) is 6.82. The topological polar surface area (TPSA) is 42.4 Å². The number of ether oxygens (including phenoxy) is 1. The van der Waals surface area contributed by atoms with E-state index in [1.165, 1.54) is 56.9 Å². The molecule has 1 atom stereocenters. The van der Waals surface area contributed by atoms with Gasteiger partial charge in [0.15, 0.2) is 0 Å². The number of aliphatic hydroxyl groups excluding tert-OH is 1. The Kier molecular flexibility index (Phi) is 11.5. The lowest BCUT2D eigenvalue weighted by atomic mass is 10.00. The Morgan fingerprint density at radius 1 is 0.900 bits per heavy atom. The molecular formula is C27H41NO2. The second-order valence-corrected chi connectivity index (χ2v) is 8.85. The molecule has 0 saturated carbocycles. The van der Waals surface area contributed by atoms with Crippen molar-refractivity contribution in [3.05, 3.63) is 48.2 Å². The maximum Gasteiger partial charge on any atom is 0.119 e. The van der Waals surface area contributed by atoms with Gasteiger partial charge in [-0.2, -0.15) is 0 Å². The highest BCUT2D eigenvalue weighted by Gasteiger charge is 2.09. The van der Waals surface area contributed by atoms with Crippen molar-refractivity contribution in [2.45, 2.75) is 91.1 Å². The average molecular weight is 412 g/mol. The van der Waals surface area contributed by atoms with Crippen molar-refractivity contribution < 1.29 is 9.84 Å². The van der Waals surface area contributed by atoms with Crippen molar-refractivity contribution in [3.8, 4) is 17.0 Å². The molecule has 0 aliphatic heterocycles. The number of benzene rings is 1. The Labute approximate surface area is 183 Å². The molecule has 1 unspecified atom stereocenters. The van der Waals surface area contributed by atoms with Crippen LogP contribution in [0.25, 0.3) is 11.3 Å². The van der Waals surface area contributed by atoms with Crippen LogP contribution in [0.5, 0.6) is 5.75 Å². The second kappa shape index (κ2) is 14.2. The number of hydrogen-bond acceptors (Lipinski definition) is 3. The number of unbranched alkanes of at least 4 members (excludes halogenated alkanes) is 7. The molecule has 3 heteroatoms. The molecule has 0 aliphatic carbocycles. The van der Waals surface area contributed by atoms with Gasteiger partial charge in [0, 0.05) is 11.8 Å². The molecule has 30 heavy (non-hydrogen) atoms. The van der Waals surface area contributed by atoms with E-state index in [4.69, 9.17) is 4.74 Å². The van der Waals surface area contributed by atoms with Gasteiger partial charge in [0.25, 0.3) is 0 Å². The van der Waals surface area contributed by atoms with Crippen LogP contribution in [-0.2, 0) is 6.42 Å². The van der Waals surface area contributed by atoms with Crippen LogP contribution >= 0.6 is 0 Å². The van der Waals surface area contributed by atoms with Crippen LogP contribution in [0.15, 0.2) is 42.6 Å². The summed E-state index contributed by atoms with van der Waals surface area (Å²) >= 11 is 0. The Morgan fingerprint density at radius 3 is 2.23 bits per heavy atom. The zero-order valence-electron chi connectivity index (χ0n) is 19.3. The molecule has 3 nitrogen and oxygen atoms in total. The molecule has 2 rings (SSSR count). The third-order valence-electron chi connectivity index (χ3n) is 5.50. The van der Waals surface area contributed by atoms with Gasteiger partial charge in [0.1, 0.15) is 12.4 Å². The summed E-state index contributed by atoms with van der Waals surface area (Å²) in [6.07, 6.45) is 14.0. The minimum absolute atomic E-state index is 0.338. The summed E-state index contributed by atoms with van der Waals surface area (Å²) in [5.74, 6) is 1.26. The van der Waals surface area contributed by atoms with Gasteiger partial charge in [-0.05, 0) is 61.1 Å². The monoisotopic (exact) mass is 411 g/mol. The van der Waals surface area contributed by atoms with Gasteiger partial charge in [-0.1, -0.05) is 71.8 Å². The first kappa shape index (κ1) is 24.4. The lowest BCUT2D eigenvalue weighted by molar-refractivity contribution is 0.0893. The number of hydrogen-bond donors (Lipinski definition) is 1. The SMILES string of the molecule is CCCCCCCCCCc1cccnc1-c1ccc(OCC(O)CC(C)C)cc1. The lowest BCUT2D eigenvalue weighted by Gasteiger charge is -2.14. The predicted octanol–water partition coefficient (Wildman–Crippen LogP) is 7.22. The highest BCUT2D eigenvalue weighted by Crippen LogP contribution is 2.25. The molecule has 0 bridgehead atoms. The summed E-state index contributed by atoms with van der Waals surface area (Å²) in [5.41, 5.74) is 3.52. The summed E-state index contributed by atoms with van der Waals surface area (Å²) in [4.78, 5) is 4.65. The quantitative estimate of drug-likeness (QED) is 0.315. The molecule has 0 spiro atoms. The van der Waals surface area contributed by atoms with E-state index in [0.29, 0.717) is 12.5 Å². The molecule has 166 valence electrons. The molecule has 1 aromatic carbocycles. The van der Waals surface area contributed by atoms with E-state index in [9.17, 15) is 5.11 Å². The van der Waals surface area contributed by atoms with Gasteiger partial charge in [-0.15, -0.1) is 0 Å². The van der Waals surface area contributed by atoms with E-state index in [1.807, 2.05) is 24.4 Å². The van der Waals surface area contributed by atoms with Crippen molar-refractivity contribution in [3.63, 3.8) is 0 Å². The zero-order chi connectivity index (χ0) is 21.6. The first-order valence-electron chi connectivity index (χ1n) is 11.9. The number of aliphatic hydroxyl groups is 1. The molecule has 2 aromatic rings. The largest absolute Gasteiger partial charge is 0.491 e. The molecule has 1 aromatic heterocycles. The van der Waals surface area contributed by atoms with Crippen molar-refractivity contribution in [2.24, 2.45) is 5.92 Å². The normalized spacial score (nSPS) is 12.3. The van der Waals surface area contributed by atoms with Crippen LogP contribution in [-0.4, -0.2) is 22.8 Å². The lowest BCUT2D eigenvalue weighted by Crippen LogP contribution is -2.19. The summed E-state index contributed by atoms with van der Waals surface area (Å²) < 4.78 is 5.75. The second-order valence-electron chi connectivity index (χ2n) is 8.85. The van der Waals surface area contributed by atoms with E-state index in [2.05, 4.69) is 44.0 Å². The van der Waals surface area contributed by atoms with E-state index in [0.717, 1.165) is 29.8 Å². The van der Waals surface area contributed by atoms with Crippen LogP contribution in [0.4, 0.5) is 0 Å². The Hall–Kier alpha value is -1.87. The summed E-state index contributed by atoms with van der Waals surface area (Å²) in [7, 11) is 0. The van der Waals surface area contributed by atoms with Gasteiger partial charge in [0.2, 0.25) is 0 Å². The number of aromatic nitrogens is 1. The Morgan fingerprint density at radius 2 is 1.57 bits per heavy atom. The minimum atomic E-state index is -0.418. The van der Waals surface area contributed by atoms with Gasteiger partial charge >= 0.3 is 0 Å². The Bertz CT molecular complexity index is 696. The van der Waals surface area contributed by atoms with Crippen LogP contribution in [0.3, 0.4) is 0 Å². The van der Waals surface area contributed by atoms with Crippen LogP contribution in [0, 0.1) is 5.92 Å². The zero-order valence-corrected chi connectivity index (χ0v) is 19.3. The van der Waals surface area contributed by atoms with Gasteiger partial charge in [-0.3, -0.25) is 4.98 Å². The number of pyridine rings is 1. The molecule has 0 aliphatic rings. The number of nitrogens with zero attached hydrogens (tertiary/aromatic N) is 1. The fraction of sp³-hybridized carbons (Fsp3) is 0.593. The van der Waals surface area contributed by atoms with Gasteiger partial charge in [-0.25, -0.2) is 0 Å². The molecule has 0 amide bonds.